The van der Waals surface area contributed by atoms with Crippen LogP contribution in [0.3, 0.4) is 0 Å². The summed E-state index contributed by atoms with van der Waals surface area (Å²) in [5.41, 5.74) is 4.94. The molecular weight excluding hydrogens is 97.1 g/mol. The second-order valence-corrected chi connectivity index (χ2v) is 1.46. The molecule has 1 aliphatic heterocycles. The molecule has 3 N–H and O–H groups in total. The van der Waals surface area contributed by atoms with Gasteiger partial charge in [0, 0.05) is 0 Å². The molecule has 2 atom stereocenters. The van der Waals surface area contributed by atoms with Crippen molar-refractivity contribution in [1.82, 2.24) is 16.2 Å². The monoisotopic (exact) mass is 105 g/mol. The van der Waals surface area contributed by atoms with Crippen LogP contribution in [0.1, 0.15) is 0 Å². The highest BCUT2D eigenvalue weighted by Crippen LogP contribution is 1.96. The fourth-order valence-corrected chi connectivity index (χ4v) is 0.448. The average Bonchev–Trinajstić information content (AvgIpc) is 1.65. The van der Waals surface area contributed by atoms with E-state index < -0.39 is 6.30 Å². The van der Waals surface area contributed by atoms with Crippen molar-refractivity contribution in [3.63, 3.8) is 0 Å². The van der Waals surface area contributed by atoms with Gasteiger partial charge in [0.25, 0.3) is 0 Å². The van der Waals surface area contributed by atoms with Gasteiger partial charge >= 0.3 is 0 Å². The maximum absolute atomic E-state index is 11.9. The zero-order chi connectivity index (χ0) is 5.28. The Hall–Kier alpha value is -0.190. The van der Waals surface area contributed by atoms with E-state index in [4.69, 9.17) is 0 Å². The lowest BCUT2D eigenvalue weighted by molar-refractivity contribution is 0.0589. The molecule has 42 valence electrons. The molecule has 0 aliphatic carbocycles. The average molecular weight is 105 g/mol. The van der Waals surface area contributed by atoms with E-state index >= 15 is 0 Å². The number of hydrogen-bond acceptors (Lipinski definition) is 3. The van der Waals surface area contributed by atoms with E-state index in [1.54, 1.807) is 7.05 Å². The molecule has 1 saturated heterocycles. The van der Waals surface area contributed by atoms with E-state index in [1.165, 1.54) is 0 Å². The Balaban J connectivity index is 2.16. The van der Waals surface area contributed by atoms with Crippen molar-refractivity contribution in [1.29, 1.82) is 0 Å². The first-order chi connectivity index (χ1) is 3.34. The van der Waals surface area contributed by atoms with Crippen LogP contribution >= 0.6 is 0 Å². The van der Waals surface area contributed by atoms with Crippen LogP contribution in [0.25, 0.3) is 0 Å². The number of halogens is 1. The van der Waals surface area contributed by atoms with Gasteiger partial charge in [-0.15, -0.1) is 0 Å². The van der Waals surface area contributed by atoms with Crippen molar-refractivity contribution in [3.8, 4) is 0 Å². The summed E-state index contributed by atoms with van der Waals surface area (Å²) in [4.78, 5) is 0. The van der Waals surface area contributed by atoms with Gasteiger partial charge in [-0.2, -0.15) is 0 Å². The second kappa shape index (κ2) is 1.73. The van der Waals surface area contributed by atoms with Crippen molar-refractivity contribution in [2.75, 3.05) is 7.05 Å². The van der Waals surface area contributed by atoms with Crippen molar-refractivity contribution in [3.05, 3.63) is 0 Å². The summed E-state index contributed by atoms with van der Waals surface area (Å²) < 4.78 is 11.9. The fourth-order valence-electron chi connectivity index (χ4n) is 0.448. The predicted molar refractivity (Wildman–Crippen MR) is 24.0 cm³/mol. The summed E-state index contributed by atoms with van der Waals surface area (Å²) in [5, 5.41) is 2.70. The van der Waals surface area contributed by atoms with Crippen molar-refractivity contribution < 1.29 is 4.39 Å². The van der Waals surface area contributed by atoms with Crippen molar-refractivity contribution >= 4 is 0 Å². The lowest BCUT2D eigenvalue weighted by Crippen LogP contribution is -2.70. The molecule has 4 heteroatoms. The van der Waals surface area contributed by atoms with Gasteiger partial charge in [0.05, 0.1) is 0 Å². The highest BCUT2D eigenvalue weighted by atomic mass is 19.1. The number of alkyl halides is 1. The van der Waals surface area contributed by atoms with Crippen LogP contribution in [0.4, 0.5) is 4.39 Å². The molecular formula is C3H8FN3. The molecule has 3 nitrogen and oxygen atoms in total. The first-order valence-electron chi connectivity index (χ1n) is 2.17. The summed E-state index contributed by atoms with van der Waals surface area (Å²) in [6, 6.07) is 0. The van der Waals surface area contributed by atoms with E-state index in [0.717, 1.165) is 0 Å². The number of hydrazine groups is 1. The van der Waals surface area contributed by atoms with Gasteiger partial charge < -0.3 is 5.32 Å². The minimum atomic E-state index is -0.926. The lowest BCUT2D eigenvalue weighted by Gasteiger charge is -2.32. The minimum absolute atomic E-state index is 0.194. The molecule has 7 heavy (non-hydrogen) atoms. The van der Waals surface area contributed by atoms with Crippen molar-refractivity contribution in [2.45, 2.75) is 12.5 Å². The highest BCUT2D eigenvalue weighted by Gasteiger charge is 2.26. The van der Waals surface area contributed by atoms with E-state index in [0.29, 0.717) is 0 Å². The van der Waals surface area contributed by atoms with Gasteiger partial charge in [-0.3, -0.25) is 0 Å². The Kier molecular flexibility index (Phi) is 1.23. The highest BCUT2D eigenvalue weighted by molar-refractivity contribution is 4.75. The van der Waals surface area contributed by atoms with E-state index in [9.17, 15) is 4.39 Å². The number of nitrogens with one attached hydrogen (secondary N) is 3. The summed E-state index contributed by atoms with van der Waals surface area (Å²) in [6.45, 7) is 0. The molecule has 1 unspecified atom stereocenters. The standard InChI is InChI=1S/C3H8FN3/c1-5-3-2(4)6-7-3/h2-3,5-7H,1H3/t2-,3?/m1/s1. The number of likely N-dealkylation sites (N-methyl/N-ethyl adjacent to an activating group) is 1. The van der Waals surface area contributed by atoms with Gasteiger partial charge in [-0.25, -0.2) is 15.2 Å². The molecule has 0 spiro atoms. The van der Waals surface area contributed by atoms with Crippen molar-refractivity contribution in [2.24, 2.45) is 0 Å². The third kappa shape index (κ3) is 0.722. The Morgan fingerprint density at radius 2 is 2.29 bits per heavy atom. The first kappa shape index (κ1) is 4.96. The Labute approximate surface area is 41.2 Å². The molecule has 1 fully saturated rings. The van der Waals surface area contributed by atoms with Crippen LogP contribution < -0.4 is 16.2 Å². The molecule has 0 radical (unpaired) electrons. The minimum Gasteiger partial charge on any atom is -0.300 e. The Morgan fingerprint density at radius 3 is 2.29 bits per heavy atom. The van der Waals surface area contributed by atoms with Crippen LogP contribution in [0.2, 0.25) is 0 Å². The normalized spacial score (nSPS) is 40.3. The number of rotatable bonds is 1. The molecule has 0 saturated carbocycles. The second-order valence-electron chi connectivity index (χ2n) is 1.46. The number of hydrogen-bond donors (Lipinski definition) is 3. The van der Waals surface area contributed by atoms with Gasteiger partial charge in [-0.05, 0) is 7.05 Å². The summed E-state index contributed by atoms with van der Waals surface area (Å²) in [5.74, 6) is 0. The fraction of sp³-hybridized carbons (Fsp3) is 1.00. The SMILES string of the molecule is CNC1NN[C@H]1F. The molecule has 1 heterocycles. The first-order valence-corrected chi connectivity index (χ1v) is 2.17. The molecule has 0 aromatic carbocycles. The van der Waals surface area contributed by atoms with Crippen LogP contribution in [-0.2, 0) is 0 Å². The summed E-state index contributed by atoms with van der Waals surface area (Å²) in [7, 11) is 1.70. The van der Waals surface area contributed by atoms with Gasteiger partial charge in [-0.1, -0.05) is 0 Å². The third-order valence-electron chi connectivity index (χ3n) is 0.980. The van der Waals surface area contributed by atoms with Gasteiger partial charge in [0.2, 0.25) is 0 Å². The Bertz CT molecular complexity index is 65.2. The summed E-state index contributed by atoms with van der Waals surface area (Å²) in [6.07, 6.45) is -1.12. The molecule has 1 rings (SSSR count). The van der Waals surface area contributed by atoms with E-state index in [1.807, 2.05) is 0 Å². The molecule has 1 aliphatic rings. The third-order valence-corrected chi connectivity index (χ3v) is 0.980. The smallest absolute Gasteiger partial charge is 0.193 e. The Morgan fingerprint density at radius 1 is 1.57 bits per heavy atom. The maximum Gasteiger partial charge on any atom is 0.193 e. The quantitative estimate of drug-likeness (QED) is 0.372. The topological polar surface area (TPSA) is 36.1 Å². The van der Waals surface area contributed by atoms with Crippen LogP contribution in [-0.4, -0.2) is 19.5 Å². The lowest BCUT2D eigenvalue weighted by atomic mass is 10.4. The largest absolute Gasteiger partial charge is 0.300 e. The molecule has 0 amide bonds. The van der Waals surface area contributed by atoms with Gasteiger partial charge in [0.15, 0.2) is 6.30 Å². The van der Waals surface area contributed by atoms with Gasteiger partial charge in [0.1, 0.15) is 6.17 Å². The molecule has 0 aromatic heterocycles. The van der Waals surface area contributed by atoms with Crippen LogP contribution in [0, 0.1) is 0 Å². The molecule has 0 aromatic rings. The van der Waals surface area contributed by atoms with Crippen LogP contribution in [0.15, 0.2) is 0 Å². The zero-order valence-corrected chi connectivity index (χ0v) is 4.03. The predicted octanol–water partition coefficient (Wildman–Crippen LogP) is -1.06. The summed E-state index contributed by atoms with van der Waals surface area (Å²) >= 11 is 0. The van der Waals surface area contributed by atoms with E-state index in [2.05, 4.69) is 16.2 Å². The molecule has 0 bridgehead atoms. The zero-order valence-electron chi connectivity index (χ0n) is 4.03. The van der Waals surface area contributed by atoms with E-state index in [-0.39, 0.29) is 6.17 Å². The maximum atomic E-state index is 11.9. The van der Waals surface area contributed by atoms with Crippen LogP contribution in [0.5, 0.6) is 0 Å².